The third-order valence-corrected chi connectivity index (χ3v) is 8.15. The summed E-state index contributed by atoms with van der Waals surface area (Å²) in [5, 5.41) is 24.9. The number of likely N-dealkylation sites (tertiary alicyclic amines) is 1. The predicted molar refractivity (Wildman–Crippen MR) is 171 cm³/mol. The fourth-order valence-corrected chi connectivity index (χ4v) is 5.55. The molecule has 1 aliphatic rings. The van der Waals surface area contributed by atoms with Crippen LogP contribution >= 0.6 is 0 Å². The molecule has 0 bridgehead atoms. The third kappa shape index (κ3) is 8.71. The fourth-order valence-electron chi connectivity index (χ4n) is 5.55. The molecule has 0 saturated carbocycles. The Morgan fingerprint density at radius 3 is 2.00 bits per heavy atom. The number of benzene rings is 3. The monoisotopic (exact) mass is 628 g/mol. The van der Waals surface area contributed by atoms with Gasteiger partial charge in [0, 0.05) is 44.5 Å². The second-order valence-electron chi connectivity index (χ2n) is 11.3. The van der Waals surface area contributed by atoms with Crippen LogP contribution in [0.15, 0.2) is 78.9 Å². The molecule has 1 fully saturated rings. The Bertz CT molecular complexity index is 1520. The number of carboxylic acids is 1. The quantitative estimate of drug-likeness (QED) is 0.214. The maximum absolute atomic E-state index is 13.2. The highest BCUT2D eigenvalue weighted by Crippen LogP contribution is 2.22. The summed E-state index contributed by atoms with van der Waals surface area (Å²) in [5.41, 5.74) is 2.50. The highest BCUT2D eigenvalue weighted by Gasteiger charge is 2.37. The average Bonchev–Trinajstić information content (AvgIpc) is 3.42. The molecule has 0 spiro atoms. The number of nitrogens with one attached hydrogen (secondary N) is 2. The Morgan fingerprint density at radius 1 is 0.826 bits per heavy atom. The van der Waals surface area contributed by atoms with E-state index in [0.717, 1.165) is 11.1 Å². The van der Waals surface area contributed by atoms with Crippen LogP contribution in [0.5, 0.6) is 5.75 Å². The van der Waals surface area contributed by atoms with Crippen LogP contribution in [0.2, 0.25) is 0 Å². The molecule has 46 heavy (non-hydrogen) atoms. The fraction of sp³-hybridized carbons (Fsp3) is 0.343. The lowest BCUT2D eigenvalue weighted by Crippen LogP contribution is -2.50. The van der Waals surface area contributed by atoms with Gasteiger partial charge in [-0.25, -0.2) is 4.79 Å². The molecule has 1 unspecified atom stereocenters. The van der Waals surface area contributed by atoms with Crippen LogP contribution in [-0.2, 0) is 38.6 Å². The molecule has 3 aromatic carbocycles. The summed E-state index contributed by atoms with van der Waals surface area (Å²) in [7, 11) is 0. The third-order valence-electron chi connectivity index (χ3n) is 8.15. The van der Waals surface area contributed by atoms with E-state index in [1.54, 1.807) is 41.3 Å². The SMILES string of the molecule is CCN(CC)C(=O)C(Cc1ccc(O)cc1)NC(=O)c1ccc(C[C@H](NC(=O)[C@@H]2CCC(=O)N2Cc2ccccc2)C(=O)O)cc1. The predicted octanol–water partition coefficient (Wildman–Crippen LogP) is 2.90. The number of hydrogen-bond acceptors (Lipinski definition) is 6. The minimum Gasteiger partial charge on any atom is -0.508 e. The first-order chi connectivity index (χ1) is 22.1. The largest absolute Gasteiger partial charge is 0.508 e. The standard InChI is InChI=1S/C35H40N4O7/c1-3-38(4-2)34(44)28(20-24-12-16-27(40)17-13-24)36-32(42)26-14-10-23(11-15-26)21-29(35(45)46)37-33(43)30-18-19-31(41)39(30)22-25-8-6-5-7-9-25/h5-17,28-30,40H,3-4,18-22H2,1-2H3,(H,36,42)(H,37,43)(H,45,46)/t28?,29-,30-/m0/s1. The number of nitrogens with zero attached hydrogens (tertiary/aromatic N) is 2. The lowest BCUT2D eigenvalue weighted by atomic mass is 10.0. The summed E-state index contributed by atoms with van der Waals surface area (Å²) in [6.07, 6.45) is 0.710. The second-order valence-corrected chi connectivity index (χ2v) is 11.3. The van der Waals surface area contributed by atoms with E-state index in [9.17, 15) is 34.2 Å². The van der Waals surface area contributed by atoms with Crippen molar-refractivity contribution in [2.45, 2.75) is 64.2 Å². The Kier molecular flexibility index (Phi) is 11.5. The number of carbonyl (C=O) groups is 5. The van der Waals surface area contributed by atoms with Gasteiger partial charge in [0.2, 0.25) is 17.7 Å². The first-order valence-corrected chi connectivity index (χ1v) is 15.4. The molecule has 11 heteroatoms. The van der Waals surface area contributed by atoms with Crippen molar-refractivity contribution in [3.63, 3.8) is 0 Å². The number of aromatic hydroxyl groups is 1. The first-order valence-electron chi connectivity index (χ1n) is 15.4. The number of hydrogen-bond donors (Lipinski definition) is 4. The van der Waals surface area contributed by atoms with E-state index in [1.165, 1.54) is 17.0 Å². The number of likely N-dealkylation sites (N-methyl/N-ethyl adjacent to an activating group) is 1. The van der Waals surface area contributed by atoms with Gasteiger partial charge in [-0.15, -0.1) is 0 Å². The van der Waals surface area contributed by atoms with E-state index in [0.29, 0.717) is 25.1 Å². The van der Waals surface area contributed by atoms with Gasteiger partial charge in [-0.05, 0) is 61.2 Å². The molecule has 1 aliphatic heterocycles. The van der Waals surface area contributed by atoms with E-state index in [2.05, 4.69) is 10.6 Å². The van der Waals surface area contributed by atoms with Crippen molar-refractivity contribution < 1.29 is 34.2 Å². The van der Waals surface area contributed by atoms with E-state index in [-0.39, 0.29) is 48.9 Å². The van der Waals surface area contributed by atoms with E-state index in [1.807, 2.05) is 44.2 Å². The average molecular weight is 629 g/mol. The molecule has 0 aliphatic carbocycles. The number of amides is 4. The smallest absolute Gasteiger partial charge is 0.326 e. The molecule has 4 rings (SSSR count). The maximum atomic E-state index is 13.2. The van der Waals surface area contributed by atoms with Gasteiger partial charge in [0.05, 0.1) is 0 Å². The molecule has 3 atom stereocenters. The molecule has 0 radical (unpaired) electrons. The molecule has 242 valence electrons. The van der Waals surface area contributed by atoms with Crippen molar-refractivity contribution >= 4 is 29.6 Å². The zero-order chi connectivity index (χ0) is 33.2. The van der Waals surface area contributed by atoms with Crippen LogP contribution in [0, 0.1) is 0 Å². The lowest BCUT2D eigenvalue weighted by Gasteiger charge is -2.26. The van der Waals surface area contributed by atoms with Crippen LogP contribution in [0.3, 0.4) is 0 Å². The van der Waals surface area contributed by atoms with Crippen LogP contribution in [0.1, 0.15) is 53.7 Å². The Morgan fingerprint density at radius 2 is 1.41 bits per heavy atom. The highest BCUT2D eigenvalue weighted by atomic mass is 16.4. The van der Waals surface area contributed by atoms with E-state index < -0.39 is 35.9 Å². The Labute approximate surface area is 268 Å². The van der Waals surface area contributed by atoms with Gasteiger partial charge in [-0.3, -0.25) is 19.2 Å². The van der Waals surface area contributed by atoms with Crippen LogP contribution in [-0.4, -0.2) is 80.8 Å². The number of phenolic OH excluding ortho intramolecular Hbond substituents is 1. The molecule has 4 N–H and O–H groups in total. The van der Waals surface area contributed by atoms with Crippen molar-refractivity contribution in [2.24, 2.45) is 0 Å². The van der Waals surface area contributed by atoms with Gasteiger partial charge in [-0.1, -0.05) is 54.6 Å². The van der Waals surface area contributed by atoms with Gasteiger partial charge in [0.1, 0.15) is 23.9 Å². The summed E-state index contributed by atoms with van der Waals surface area (Å²) in [4.78, 5) is 67.4. The minimum absolute atomic E-state index is 0.0355. The second kappa shape index (κ2) is 15.7. The Hall–Kier alpha value is -5.19. The normalized spacial score (nSPS) is 15.6. The van der Waals surface area contributed by atoms with Gasteiger partial charge >= 0.3 is 5.97 Å². The number of phenols is 1. The molecular formula is C35H40N4O7. The molecule has 4 amide bonds. The first kappa shape index (κ1) is 33.7. The summed E-state index contributed by atoms with van der Waals surface area (Å²) < 4.78 is 0. The summed E-state index contributed by atoms with van der Waals surface area (Å²) in [6.45, 7) is 4.95. The zero-order valence-corrected chi connectivity index (χ0v) is 26.0. The number of carbonyl (C=O) groups excluding carboxylic acids is 4. The molecule has 3 aromatic rings. The number of carboxylic acid groups (broad SMARTS) is 1. The maximum Gasteiger partial charge on any atom is 0.326 e. The van der Waals surface area contributed by atoms with Crippen molar-refractivity contribution in [2.75, 3.05) is 13.1 Å². The molecular weight excluding hydrogens is 588 g/mol. The van der Waals surface area contributed by atoms with Gasteiger partial charge in [0.25, 0.3) is 5.91 Å². The molecule has 1 heterocycles. The van der Waals surface area contributed by atoms with E-state index in [4.69, 9.17) is 0 Å². The van der Waals surface area contributed by atoms with Gasteiger partial charge < -0.3 is 30.6 Å². The van der Waals surface area contributed by atoms with Crippen molar-refractivity contribution in [1.82, 2.24) is 20.4 Å². The summed E-state index contributed by atoms with van der Waals surface area (Å²) >= 11 is 0. The molecule has 11 nitrogen and oxygen atoms in total. The zero-order valence-electron chi connectivity index (χ0n) is 26.0. The van der Waals surface area contributed by atoms with Crippen molar-refractivity contribution in [3.8, 4) is 5.75 Å². The van der Waals surface area contributed by atoms with Crippen molar-refractivity contribution in [3.05, 3.63) is 101 Å². The molecule has 0 aromatic heterocycles. The van der Waals surface area contributed by atoms with Crippen LogP contribution < -0.4 is 10.6 Å². The van der Waals surface area contributed by atoms with Crippen LogP contribution in [0.4, 0.5) is 0 Å². The molecule has 1 saturated heterocycles. The van der Waals surface area contributed by atoms with E-state index >= 15 is 0 Å². The van der Waals surface area contributed by atoms with Crippen LogP contribution in [0.25, 0.3) is 0 Å². The van der Waals surface area contributed by atoms with Gasteiger partial charge in [-0.2, -0.15) is 0 Å². The minimum atomic E-state index is -1.25. The van der Waals surface area contributed by atoms with Crippen molar-refractivity contribution in [1.29, 1.82) is 0 Å². The highest BCUT2D eigenvalue weighted by molar-refractivity contribution is 5.98. The Balaban J connectivity index is 1.41. The number of aliphatic carboxylic acids is 1. The summed E-state index contributed by atoms with van der Waals surface area (Å²) in [5.74, 6) is -2.50. The van der Waals surface area contributed by atoms with Gasteiger partial charge in [0.15, 0.2) is 0 Å². The summed E-state index contributed by atoms with van der Waals surface area (Å²) in [6, 6.07) is 19.2. The lowest BCUT2D eigenvalue weighted by molar-refractivity contribution is -0.143. The number of rotatable bonds is 14. The topological polar surface area (TPSA) is 156 Å².